The predicted octanol–water partition coefficient (Wildman–Crippen LogP) is 5.62. The van der Waals surface area contributed by atoms with E-state index in [0.717, 1.165) is 11.1 Å². The zero-order chi connectivity index (χ0) is 19.4. The number of nitrogens with zero attached hydrogens (tertiary/aromatic N) is 2. The molecule has 0 heterocycles. The Labute approximate surface area is 156 Å². The van der Waals surface area contributed by atoms with Crippen LogP contribution in [0.1, 0.15) is 16.7 Å². The van der Waals surface area contributed by atoms with Crippen molar-refractivity contribution in [2.45, 2.75) is 13.8 Å². The molecule has 0 saturated carbocycles. The molecule has 134 valence electrons. The van der Waals surface area contributed by atoms with Crippen molar-refractivity contribution in [2.75, 3.05) is 5.32 Å². The molecule has 0 aliphatic carbocycles. The molecule has 3 rings (SSSR count). The number of aryl methyl sites for hydroxylation is 1. The van der Waals surface area contributed by atoms with Gasteiger partial charge in [-0.2, -0.15) is 5.26 Å². The van der Waals surface area contributed by atoms with E-state index in [1.807, 2.05) is 38.1 Å². The van der Waals surface area contributed by atoms with E-state index >= 15 is 0 Å². The first-order chi connectivity index (χ1) is 13.0. The maximum atomic E-state index is 11.4. The summed E-state index contributed by atoms with van der Waals surface area (Å²) in [4.78, 5) is 10.9. The Bertz CT molecular complexity index is 1040. The molecule has 0 fully saturated rings. The van der Waals surface area contributed by atoms with Crippen LogP contribution in [0.2, 0.25) is 0 Å². The van der Waals surface area contributed by atoms with Gasteiger partial charge in [0.2, 0.25) is 0 Å². The molecule has 0 bridgehead atoms. The fourth-order valence-corrected chi connectivity index (χ4v) is 2.58. The summed E-state index contributed by atoms with van der Waals surface area (Å²) in [5.41, 5.74) is 3.52. The van der Waals surface area contributed by atoms with Gasteiger partial charge >= 0.3 is 0 Å². The molecule has 0 spiro atoms. The number of nitro benzene ring substituents is 1. The van der Waals surface area contributed by atoms with Crippen LogP contribution >= 0.6 is 0 Å². The molecule has 3 aromatic rings. The van der Waals surface area contributed by atoms with Crippen molar-refractivity contribution in [2.24, 2.45) is 0 Å². The minimum absolute atomic E-state index is 0.0623. The highest BCUT2D eigenvalue weighted by Gasteiger charge is 2.16. The van der Waals surface area contributed by atoms with Crippen LogP contribution in [0.25, 0.3) is 0 Å². The highest BCUT2D eigenvalue weighted by molar-refractivity contribution is 5.71. The third-order valence-corrected chi connectivity index (χ3v) is 4.24. The van der Waals surface area contributed by atoms with E-state index in [0.29, 0.717) is 28.4 Å². The lowest BCUT2D eigenvalue weighted by molar-refractivity contribution is -0.383. The summed E-state index contributed by atoms with van der Waals surface area (Å²) in [6.07, 6.45) is 0. The summed E-state index contributed by atoms with van der Waals surface area (Å²) >= 11 is 0. The normalized spacial score (nSPS) is 10.1. The van der Waals surface area contributed by atoms with Gasteiger partial charge in [0.15, 0.2) is 0 Å². The van der Waals surface area contributed by atoms with E-state index in [2.05, 4.69) is 5.32 Å². The highest BCUT2D eigenvalue weighted by Crippen LogP contribution is 2.34. The van der Waals surface area contributed by atoms with Gasteiger partial charge in [0.05, 0.1) is 16.6 Å². The van der Waals surface area contributed by atoms with Gasteiger partial charge < -0.3 is 10.1 Å². The summed E-state index contributed by atoms with van der Waals surface area (Å²) in [6.45, 7) is 3.96. The number of hydrogen-bond acceptors (Lipinski definition) is 5. The first-order valence-corrected chi connectivity index (χ1v) is 8.27. The predicted molar refractivity (Wildman–Crippen MR) is 104 cm³/mol. The SMILES string of the molecule is Cc1cccc(Oc2ccc([N+](=O)[O-])c(Nc3ccc(C#N)cc3)c2)c1C. The Balaban J connectivity index is 1.93. The van der Waals surface area contributed by atoms with Crippen molar-refractivity contribution in [3.05, 3.63) is 87.5 Å². The van der Waals surface area contributed by atoms with Crippen molar-refractivity contribution in [1.82, 2.24) is 0 Å². The van der Waals surface area contributed by atoms with Crippen LogP contribution in [-0.4, -0.2) is 4.92 Å². The zero-order valence-electron chi connectivity index (χ0n) is 14.9. The summed E-state index contributed by atoms with van der Waals surface area (Å²) in [5, 5.41) is 23.3. The molecular formula is C21H17N3O3. The number of hydrogen-bond donors (Lipinski definition) is 1. The summed E-state index contributed by atoms with van der Waals surface area (Å²) < 4.78 is 5.93. The first-order valence-electron chi connectivity index (χ1n) is 8.27. The maximum absolute atomic E-state index is 11.4. The minimum Gasteiger partial charge on any atom is -0.457 e. The van der Waals surface area contributed by atoms with E-state index in [4.69, 9.17) is 10.00 Å². The Morgan fingerprint density at radius 2 is 1.81 bits per heavy atom. The van der Waals surface area contributed by atoms with Crippen molar-refractivity contribution >= 4 is 17.1 Å². The highest BCUT2D eigenvalue weighted by atomic mass is 16.6. The lowest BCUT2D eigenvalue weighted by atomic mass is 10.1. The molecule has 0 unspecified atom stereocenters. The van der Waals surface area contributed by atoms with E-state index < -0.39 is 4.92 Å². The zero-order valence-corrected chi connectivity index (χ0v) is 14.9. The summed E-state index contributed by atoms with van der Waals surface area (Å²) in [5.74, 6) is 1.19. The molecule has 6 heteroatoms. The molecule has 0 aliphatic rings. The number of rotatable bonds is 5. The molecule has 1 N–H and O–H groups in total. The van der Waals surface area contributed by atoms with Crippen LogP contribution in [0, 0.1) is 35.3 Å². The van der Waals surface area contributed by atoms with Crippen LogP contribution in [-0.2, 0) is 0 Å². The molecule has 0 radical (unpaired) electrons. The molecule has 0 atom stereocenters. The van der Waals surface area contributed by atoms with Crippen LogP contribution in [0.15, 0.2) is 60.7 Å². The second kappa shape index (κ2) is 7.58. The Kier molecular flexibility index (Phi) is 5.04. The Morgan fingerprint density at radius 1 is 1.07 bits per heavy atom. The average Bonchev–Trinajstić information content (AvgIpc) is 2.66. The standard InChI is InChI=1S/C21H17N3O3/c1-14-4-3-5-21(15(14)2)27-18-10-11-20(24(25)26)19(12-18)23-17-8-6-16(13-22)7-9-17/h3-12,23H,1-2H3. The van der Waals surface area contributed by atoms with Crippen LogP contribution in [0.3, 0.4) is 0 Å². The molecule has 0 saturated heterocycles. The number of nitrogens with one attached hydrogen (secondary N) is 1. The second-order valence-corrected chi connectivity index (χ2v) is 6.05. The molecule has 3 aromatic carbocycles. The van der Waals surface area contributed by atoms with E-state index in [9.17, 15) is 10.1 Å². The van der Waals surface area contributed by atoms with Crippen LogP contribution in [0.4, 0.5) is 17.1 Å². The molecule has 0 aliphatic heterocycles. The van der Waals surface area contributed by atoms with Gasteiger partial charge in [-0.05, 0) is 61.4 Å². The van der Waals surface area contributed by atoms with Gasteiger partial charge in [-0.15, -0.1) is 0 Å². The topological polar surface area (TPSA) is 88.2 Å². The minimum atomic E-state index is -0.451. The van der Waals surface area contributed by atoms with Crippen molar-refractivity contribution in [3.8, 4) is 17.6 Å². The molecular weight excluding hydrogens is 342 g/mol. The monoisotopic (exact) mass is 359 g/mol. The fraction of sp³-hybridized carbons (Fsp3) is 0.0952. The van der Waals surface area contributed by atoms with Crippen LogP contribution < -0.4 is 10.1 Å². The largest absolute Gasteiger partial charge is 0.457 e. The van der Waals surface area contributed by atoms with Gasteiger partial charge in [-0.1, -0.05) is 12.1 Å². The van der Waals surface area contributed by atoms with Crippen molar-refractivity contribution in [1.29, 1.82) is 5.26 Å². The lowest BCUT2D eigenvalue weighted by Crippen LogP contribution is -1.98. The second-order valence-electron chi connectivity index (χ2n) is 6.05. The summed E-state index contributed by atoms with van der Waals surface area (Å²) in [6, 6.07) is 19.0. The van der Waals surface area contributed by atoms with Gasteiger partial charge in [0.25, 0.3) is 5.69 Å². The van der Waals surface area contributed by atoms with Crippen molar-refractivity contribution < 1.29 is 9.66 Å². The quantitative estimate of drug-likeness (QED) is 0.472. The van der Waals surface area contributed by atoms with E-state index in [-0.39, 0.29) is 5.69 Å². The third kappa shape index (κ3) is 4.05. The number of nitriles is 1. The smallest absolute Gasteiger partial charge is 0.292 e. The Morgan fingerprint density at radius 3 is 2.48 bits per heavy atom. The summed E-state index contributed by atoms with van der Waals surface area (Å²) in [7, 11) is 0. The third-order valence-electron chi connectivity index (χ3n) is 4.24. The number of ether oxygens (including phenoxy) is 1. The van der Waals surface area contributed by atoms with E-state index in [1.165, 1.54) is 6.07 Å². The number of nitro groups is 1. The van der Waals surface area contributed by atoms with E-state index in [1.54, 1.807) is 36.4 Å². The molecule has 6 nitrogen and oxygen atoms in total. The van der Waals surface area contributed by atoms with Gasteiger partial charge in [-0.25, -0.2) is 0 Å². The maximum Gasteiger partial charge on any atom is 0.292 e. The van der Waals surface area contributed by atoms with Crippen molar-refractivity contribution in [3.63, 3.8) is 0 Å². The van der Waals surface area contributed by atoms with Gasteiger partial charge in [0, 0.05) is 17.8 Å². The van der Waals surface area contributed by atoms with Gasteiger partial charge in [-0.3, -0.25) is 10.1 Å². The van der Waals surface area contributed by atoms with Crippen LogP contribution in [0.5, 0.6) is 11.5 Å². The molecule has 27 heavy (non-hydrogen) atoms. The van der Waals surface area contributed by atoms with Gasteiger partial charge in [0.1, 0.15) is 17.2 Å². The Hall–Kier alpha value is -3.85. The fourth-order valence-electron chi connectivity index (χ4n) is 2.58. The average molecular weight is 359 g/mol. The first kappa shape index (κ1) is 18.0. The molecule has 0 amide bonds. The number of anilines is 2. The number of benzene rings is 3. The molecule has 0 aromatic heterocycles. The lowest BCUT2D eigenvalue weighted by Gasteiger charge is -2.13.